The Labute approximate surface area is 64.5 Å². The van der Waals surface area contributed by atoms with Gasteiger partial charge in [0, 0.05) is 4.88 Å². The van der Waals surface area contributed by atoms with Gasteiger partial charge in [0.05, 0.1) is 5.02 Å². The van der Waals surface area contributed by atoms with E-state index in [4.69, 9.17) is 11.6 Å². The van der Waals surface area contributed by atoms with Crippen molar-refractivity contribution in [3.63, 3.8) is 0 Å². The van der Waals surface area contributed by atoms with Crippen molar-refractivity contribution in [1.82, 2.24) is 0 Å². The number of thiophene rings is 1. The normalized spacial score (nSPS) is 10.1. The number of hydrogen-bond donors (Lipinski definition) is 0. The second kappa shape index (κ2) is 2.72. The van der Waals surface area contributed by atoms with Gasteiger partial charge in [0.15, 0.2) is 0 Å². The summed E-state index contributed by atoms with van der Waals surface area (Å²) in [4.78, 5) is 1.30. The fourth-order valence-electron chi connectivity index (χ4n) is 0.721. The Kier molecular flexibility index (Phi) is 2.14. The third-order valence-electron chi connectivity index (χ3n) is 1.29. The predicted molar refractivity (Wildman–Crippen MR) is 43.4 cm³/mol. The Hall–Kier alpha value is -0.0100. The van der Waals surface area contributed by atoms with Crippen LogP contribution in [0.4, 0.5) is 0 Å². The lowest BCUT2D eigenvalue weighted by Gasteiger charge is -1.88. The van der Waals surface area contributed by atoms with Crippen LogP contribution in [0, 0.1) is 6.92 Å². The van der Waals surface area contributed by atoms with Gasteiger partial charge in [-0.2, -0.15) is 0 Å². The molecule has 0 N–H and O–H groups in total. The summed E-state index contributed by atoms with van der Waals surface area (Å²) < 4.78 is 0. The summed E-state index contributed by atoms with van der Waals surface area (Å²) in [5.41, 5.74) is 1.21. The highest BCUT2D eigenvalue weighted by atomic mass is 35.5. The van der Waals surface area contributed by atoms with E-state index in [2.05, 4.69) is 12.3 Å². The highest BCUT2D eigenvalue weighted by molar-refractivity contribution is 7.10. The van der Waals surface area contributed by atoms with E-state index in [1.54, 1.807) is 11.3 Å². The van der Waals surface area contributed by atoms with Crippen molar-refractivity contribution in [3.05, 3.63) is 20.8 Å². The van der Waals surface area contributed by atoms with Crippen molar-refractivity contribution in [2.75, 3.05) is 0 Å². The van der Waals surface area contributed by atoms with Crippen molar-refractivity contribution in [2.45, 2.75) is 20.3 Å². The van der Waals surface area contributed by atoms with Gasteiger partial charge in [0.25, 0.3) is 0 Å². The molecule has 50 valence electrons. The van der Waals surface area contributed by atoms with E-state index < -0.39 is 0 Å². The zero-order valence-corrected chi connectivity index (χ0v) is 7.14. The highest BCUT2D eigenvalue weighted by Gasteiger charge is 2.01. The molecule has 1 rings (SSSR count). The zero-order chi connectivity index (χ0) is 6.85. The van der Waals surface area contributed by atoms with Crippen LogP contribution >= 0.6 is 22.9 Å². The first-order valence-corrected chi connectivity index (χ1v) is 4.24. The van der Waals surface area contributed by atoms with Crippen LogP contribution in [-0.4, -0.2) is 0 Å². The topological polar surface area (TPSA) is 0 Å². The first-order chi connectivity index (χ1) is 4.25. The van der Waals surface area contributed by atoms with E-state index in [9.17, 15) is 0 Å². The van der Waals surface area contributed by atoms with Gasteiger partial charge in [-0.1, -0.05) is 18.5 Å². The molecule has 0 unspecified atom stereocenters. The Bertz CT molecular complexity index is 203. The molecule has 1 aromatic heterocycles. The second-order valence-corrected chi connectivity index (χ2v) is 3.35. The third kappa shape index (κ3) is 1.28. The summed E-state index contributed by atoms with van der Waals surface area (Å²) in [5, 5.41) is 3.06. The molecule has 2 heteroatoms. The lowest BCUT2D eigenvalue weighted by molar-refractivity contribution is 1.18. The van der Waals surface area contributed by atoms with Gasteiger partial charge in [0.1, 0.15) is 0 Å². The van der Waals surface area contributed by atoms with Gasteiger partial charge in [0.2, 0.25) is 0 Å². The van der Waals surface area contributed by atoms with Crippen LogP contribution in [0.25, 0.3) is 0 Å². The largest absolute Gasteiger partial charge is 0.147 e. The van der Waals surface area contributed by atoms with Crippen LogP contribution in [0.15, 0.2) is 5.38 Å². The van der Waals surface area contributed by atoms with E-state index >= 15 is 0 Å². The maximum Gasteiger partial charge on any atom is 0.0574 e. The van der Waals surface area contributed by atoms with Crippen molar-refractivity contribution in [2.24, 2.45) is 0 Å². The van der Waals surface area contributed by atoms with Crippen molar-refractivity contribution in [3.8, 4) is 0 Å². The summed E-state index contributed by atoms with van der Waals surface area (Å²) >= 11 is 7.66. The summed E-state index contributed by atoms with van der Waals surface area (Å²) in [6.45, 7) is 4.16. The molecule has 0 amide bonds. The average molecular weight is 161 g/mol. The quantitative estimate of drug-likeness (QED) is 0.592. The molecule has 0 aromatic carbocycles. The van der Waals surface area contributed by atoms with Crippen molar-refractivity contribution in [1.29, 1.82) is 0 Å². The second-order valence-electron chi connectivity index (χ2n) is 2.01. The fourth-order valence-corrected chi connectivity index (χ4v) is 1.98. The highest BCUT2D eigenvalue weighted by Crippen LogP contribution is 2.26. The lowest BCUT2D eigenvalue weighted by Crippen LogP contribution is -1.71. The van der Waals surface area contributed by atoms with Gasteiger partial charge in [-0.05, 0) is 24.3 Å². The summed E-state index contributed by atoms with van der Waals surface area (Å²) in [6.07, 6.45) is 1.05. The lowest BCUT2D eigenvalue weighted by atomic mass is 10.3. The Morgan fingerprint density at radius 2 is 2.33 bits per heavy atom. The first kappa shape index (κ1) is 7.10. The number of aryl methyl sites for hydroxylation is 2. The van der Waals surface area contributed by atoms with E-state index in [1.807, 2.05) is 6.92 Å². The molecule has 0 nitrogen and oxygen atoms in total. The fraction of sp³-hybridized carbons (Fsp3) is 0.429. The van der Waals surface area contributed by atoms with Gasteiger partial charge >= 0.3 is 0 Å². The molecule has 0 aliphatic carbocycles. The smallest absolute Gasteiger partial charge is 0.0574 e. The van der Waals surface area contributed by atoms with Crippen LogP contribution in [0.1, 0.15) is 17.4 Å². The molecule has 0 radical (unpaired) electrons. The molecule has 0 bridgehead atoms. The molecule has 0 saturated carbocycles. The SMILES string of the molecule is CCc1scc(C)c1Cl. The van der Waals surface area contributed by atoms with E-state index in [0.717, 1.165) is 11.4 Å². The Balaban J connectivity index is 3.04. The van der Waals surface area contributed by atoms with Gasteiger partial charge < -0.3 is 0 Å². The van der Waals surface area contributed by atoms with Crippen LogP contribution in [0.5, 0.6) is 0 Å². The molecular formula is C7H9ClS. The molecule has 0 aliphatic rings. The molecule has 9 heavy (non-hydrogen) atoms. The van der Waals surface area contributed by atoms with Crippen LogP contribution in [0.3, 0.4) is 0 Å². The molecule has 1 heterocycles. The van der Waals surface area contributed by atoms with Crippen molar-refractivity contribution < 1.29 is 0 Å². The Morgan fingerprint density at radius 3 is 2.56 bits per heavy atom. The van der Waals surface area contributed by atoms with E-state index in [1.165, 1.54) is 10.4 Å². The van der Waals surface area contributed by atoms with Crippen LogP contribution in [-0.2, 0) is 6.42 Å². The zero-order valence-electron chi connectivity index (χ0n) is 5.57. The summed E-state index contributed by atoms with van der Waals surface area (Å²) in [5.74, 6) is 0. The number of rotatable bonds is 1. The molecule has 0 aliphatic heterocycles. The third-order valence-corrected chi connectivity index (χ3v) is 3.18. The van der Waals surface area contributed by atoms with Crippen LogP contribution in [0.2, 0.25) is 5.02 Å². The average Bonchev–Trinajstić information content (AvgIpc) is 2.15. The minimum Gasteiger partial charge on any atom is -0.147 e. The van der Waals surface area contributed by atoms with Crippen molar-refractivity contribution >= 4 is 22.9 Å². The molecule has 1 aromatic rings. The molecule has 0 saturated heterocycles. The van der Waals surface area contributed by atoms with Crippen LogP contribution < -0.4 is 0 Å². The standard InChI is InChI=1S/C7H9ClS/c1-3-6-7(8)5(2)4-9-6/h4H,3H2,1-2H3. The predicted octanol–water partition coefficient (Wildman–Crippen LogP) is 3.27. The maximum absolute atomic E-state index is 5.92. The van der Waals surface area contributed by atoms with Gasteiger partial charge in [-0.15, -0.1) is 11.3 Å². The number of hydrogen-bond acceptors (Lipinski definition) is 1. The monoisotopic (exact) mass is 160 g/mol. The Morgan fingerprint density at radius 1 is 1.67 bits per heavy atom. The number of halogens is 1. The van der Waals surface area contributed by atoms with E-state index in [0.29, 0.717) is 0 Å². The first-order valence-electron chi connectivity index (χ1n) is 2.98. The van der Waals surface area contributed by atoms with Gasteiger partial charge in [-0.25, -0.2) is 0 Å². The minimum atomic E-state index is 0.961. The molecule has 0 atom stereocenters. The van der Waals surface area contributed by atoms with Gasteiger partial charge in [-0.3, -0.25) is 0 Å². The molecule has 0 fully saturated rings. The maximum atomic E-state index is 5.92. The van der Waals surface area contributed by atoms with E-state index in [-0.39, 0.29) is 0 Å². The summed E-state index contributed by atoms with van der Waals surface area (Å²) in [7, 11) is 0. The minimum absolute atomic E-state index is 0.961. The summed E-state index contributed by atoms with van der Waals surface area (Å²) in [6, 6.07) is 0. The molecular weight excluding hydrogens is 152 g/mol. The molecule has 0 spiro atoms.